The van der Waals surface area contributed by atoms with Crippen LogP contribution in [0.25, 0.3) is 10.8 Å². The second-order valence-corrected chi connectivity index (χ2v) is 5.42. The van der Waals surface area contributed by atoms with E-state index in [9.17, 15) is 14.7 Å². The van der Waals surface area contributed by atoms with Crippen LogP contribution in [0.2, 0.25) is 0 Å². The predicted octanol–water partition coefficient (Wildman–Crippen LogP) is 3.16. The molecule has 2 N–H and O–H groups in total. The number of aliphatic carboxylic acids is 1. The zero-order valence-corrected chi connectivity index (χ0v) is 12.4. The summed E-state index contributed by atoms with van der Waals surface area (Å²) in [7, 11) is 0. The molecular formula is C18H15NO4. The maximum atomic E-state index is 12.2. The summed E-state index contributed by atoms with van der Waals surface area (Å²) in [5.41, 5.74) is -1.07. The van der Waals surface area contributed by atoms with Crippen LogP contribution >= 0.6 is 0 Å². The molecule has 1 amide bonds. The van der Waals surface area contributed by atoms with Crippen molar-refractivity contribution in [1.82, 2.24) is 5.32 Å². The molecule has 1 heterocycles. The Morgan fingerprint density at radius 1 is 1.04 bits per heavy atom. The largest absolute Gasteiger partial charge is 0.479 e. The van der Waals surface area contributed by atoms with E-state index in [2.05, 4.69) is 5.32 Å². The lowest BCUT2D eigenvalue weighted by Gasteiger charge is -2.26. The number of hydrogen-bond acceptors (Lipinski definition) is 3. The van der Waals surface area contributed by atoms with Gasteiger partial charge in [-0.05, 0) is 41.5 Å². The number of fused-ring (bicyclic) bond motifs is 1. The lowest BCUT2D eigenvalue weighted by atomic mass is 9.90. The molecule has 3 aromatic rings. The molecule has 0 fully saturated rings. The van der Waals surface area contributed by atoms with Crippen molar-refractivity contribution in [1.29, 1.82) is 0 Å². The highest BCUT2D eigenvalue weighted by atomic mass is 16.4. The van der Waals surface area contributed by atoms with Gasteiger partial charge in [-0.15, -0.1) is 0 Å². The van der Waals surface area contributed by atoms with Crippen LogP contribution in [0.5, 0.6) is 0 Å². The van der Waals surface area contributed by atoms with Gasteiger partial charge in [-0.3, -0.25) is 4.79 Å². The van der Waals surface area contributed by atoms with Crippen LogP contribution < -0.4 is 5.32 Å². The number of carboxylic acids is 1. The number of furan rings is 1. The fraction of sp³-hybridized carbons (Fsp3) is 0.111. The summed E-state index contributed by atoms with van der Waals surface area (Å²) >= 11 is 0. The minimum absolute atomic E-state index is 0.0678. The Balaban J connectivity index is 2.01. The highest BCUT2D eigenvalue weighted by Crippen LogP contribution is 2.26. The molecule has 116 valence electrons. The number of amides is 1. The molecule has 5 nitrogen and oxygen atoms in total. The average molecular weight is 309 g/mol. The third-order valence-electron chi connectivity index (χ3n) is 3.86. The number of rotatable bonds is 4. The van der Waals surface area contributed by atoms with Crippen LogP contribution in [-0.2, 0) is 10.3 Å². The van der Waals surface area contributed by atoms with E-state index in [4.69, 9.17) is 4.42 Å². The minimum atomic E-state index is -1.56. The zero-order chi connectivity index (χ0) is 16.4. The summed E-state index contributed by atoms with van der Waals surface area (Å²) in [5.74, 6) is -1.65. The van der Waals surface area contributed by atoms with Crippen molar-refractivity contribution in [3.05, 3.63) is 72.2 Å². The Kier molecular flexibility index (Phi) is 3.62. The van der Waals surface area contributed by atoms with Gasteiger partial charge in [0.2, 0.25) is 0 Å². The van der Waals surface area contributed by atoms with Gasteiger partial charge in [0.15, 0.2) is 11.3 Å². The van der Waals surface area contributed by atoms with Crippen molar-refractivity contribution in [2.24, 2.45) is 0 Å². The van der Waals surface area contributed by atoms with Crippen LogP contribution in [0.4, 0.5) is 0 Å². The van der Waals surface area contributed by atoms with Gasteiger partial charge in [-0.25, -0.2) is 4.79 Å². The van der Waals surface area contributed by atoms with Gasteiger partial charge in [0.25, 0.3) is 5.91 Å². The fourth-order valence-corrected chi connectivity index (χ4v) is 2.45. The molecule has 0 aliphatic carbocycles. The van der Waals surface area contributed by atoms with Gasteiger partial charge in [-0.2, -0.15) is 0 Å². The van der Waals surface area contributed by atoms with Gasteiger partial charge < -0.3 is 14.8 Å². The van der Waals surface area contributed by atoms with Crippen LogP contribution in [0, 0.1) is 0 Å². The molecular weight excluding hydrogens is 294 g/mol. The molecule has 0 bridgehead atoms. The fourth-order valence-electron chi connectivity index (χ4n) is 2.45. The molecule has 0 spiro atoms. The lowest BCUT2D eigenvalue weighted by molar-refractivity contribution is -0.144. The summed E-state index contributed by atoms with van der Waals surface area (Å²) in [6.45, 7) is 1.46. The molecule has 5 heteroatoms. The number of benzene rings is 2. The van der Waals surface area contributed by atoms with Crippen LogP contribution in [0.15, 0.2) is 65.3 Å². The topological polar surface area (TPSA) is 79.5 Å². The Bertz CT molecular complexity index is 870. The number of carboxylic acid groups (broad SMARTS) is 1. The van der Waals surface area contributed by atoms with Crippen molar-refractivity contribution in [2.45, 2.75) is 12.5 Å². The average Bonchev–Trinajstić information content (AvgIpc) is 3.08. The van der Waals surface area contributed by atoms with Crippen molar-refractivity contribution in [3.63, 3.8) is 0 Å². The van der Waals surface area contributed by atoms with Gasteiger partial charge in [0.1, 0.15) is 0 Å². The summed E-state index contributed by atoms with van der Waals surface area (Å²) in [6.07, 6.45) is 1.36. The van der Waals surface area contributed by atoms with E-state index in [1.165, 1.54) is 19.3 Å². The lowest BCUT2D eigenvalue weighted by Crippen LogP contribution is -2.49. The molecule has 0 aliphatic rings. The van der Waals surface area contributed by atoms with E-state index in [-0.39, 0.29) is 5.76 Å². The van der Waals surface area contributed by atoms with E-state index in [0.717, 1.165) is 10.8 Å². The quantitative estimate of drug-likeness (QED) is 0.776. The molecule has 0 radical (unpaired) electrons. The highest BCUT2D eigenvalue weighted by molar-refractivity contribution is 5.96. The molecule has 2 aromatic carbocycles. The Hall–Kier alpha value is -3.08. The van der Waals surface area contributed by atoms with Crippen molar-refractivity contribution < 1.29 is 19.1 Å². The van der Waals surface area contributed by atoms with Crippen molar-refractivity contribution in [2.75, 3.05) is 0 Å². The second kappa shape index (κ2) is 5.61. The molecule has 3 rings (SSSR count). The second-order valence-electron chi connectivity index (χ2n) is 5.42. The van der Waals surface area contributed by atoms with Crippen LogP contribution in [0.3, 0.4) is 0 Å². The third kappa shape index (κ3) is 2.68. The van der Waals surface area contributed by atoms with Gasteiger partial charge in [0.05, 0.1) is 6.26 Å². The maximum Gasteiger partial charge on any atom is 0.333 e. The number of carbonyl (C=O) groups excluding carboxylic acids is 1. The van der Waals surface area contributed by atoms with Crippen LogP contribution in [0.1, 0.15) is 23.0 Å². The molecule has 23 heavy (non-hydrogen) atoms. The molecule has 1 aromatic heterocycles. The van der Waals surface area contributed by atoms with Crippen molar-refractivity contribution in [3.8, 4) is 0 Å². The maximum absolute atomic E-state index is 12.2. The first-order valence-corrected chi connectivity index (χ1v) is 7.09. The van der Waals surface area contributed by atoms with E-state index >= 15 is 0 Å². The van der Waals surface area contributed by atoms with Crippen molar-refractivity contribution >= 4 is 22.6 Å². The first-order chi connectivity index (χ1) is 11.0. The van der Waals surface area contributed by atoms with Crippen LogP contribution in [-0.4, -0.2) is 17.0 Å². The standard InChI is InChI=1S/C18H15NO4/c1-18(17(21)22,19-16(20)15-7-4-10-23-15)14-9-8-12-5-2-3-6-13(12)11-14/h2-11H,1H3,(H,19,20)(H,21,22). The number of hydrogen-bond donors (Lipinski definition) is 2. The highest BCUT2D eigenvalue weighted by Gasteiger charge is 2.37. The van der Waals surface area contributed by atoms with Gasteiger partial charge >= 0.3 is 5.97 Å². The van der Waals surface area contributed by atoms with E-state index in [1.54, 1.807) is 18.2 Å². The molecule has 1 atom stereocenters. The Labute approximate surface area is 132 Å². The zero-order valence-electron chi connectivity index (χ0n) is 12.4. The first-order valence-electron chi connectivity index (χ1n) is 7.09. The summed E-state index contributed by atoms with van der Waals surface area (Å²) in [4.78, 5) is 24.0. The smallest absolute Gasteiger partial charge is 0.333 e. The molecule has 0 aliphatic heterocycles. The molecule has 0 saturated carbocycles. The van der Waals surface area contributed by atoms with E-state index in [1.807, 2.05) is 30.3 Å². The van der Waals surface area contributed by atoms with E-state index in [0.29, 0.717) is 5.56 Å². The monoisotopic (exact) mass is 309 g/mol. The predicted molar refractivity (Wildman–Crippen MR) is 85.1 cm³/mol. The minimum Gasteiger partial charge on any atom is -0.479 e. The summed E-state index contributed by atoms with van der Waals surface area (Å²) in [6, 6.07) is 16.0. The van der Waals surface area contributed by atoms with E-state index < -0.39 is 17.4 Å². The summed E-state index contributed by atoms with van der Waals surface area (Å²) in [5, 5.41) is 14.1. The van der Waals surface area contributed by atoms with Gasteiger partial charge in [-0.1, -0.05) is 36.4 Å². The first kappa shape index (κ1) is 14.8. The molecule has 1 unspecified atom stereocenters. The third-order valence-corrected chi connectivity index (χ3v) is 3.86. The molecule has 0 saturated heterocycles. The number of carbonyl (C=O) groups is 2. The number of nitrogens with one attached hydrogen (secondary N) is 1. The van der Waals surface area contributed by atoms with Gasteiger partial charge in [0, 0.05) is 0 Å². The normalized spacial score (nSPS) is 13.4. The SMILES string of the molecule is CC(NC(=O)c1ccco1)(C(=O)O)c1ccc2ccccc2c1. The Morgan fingerprint density at radius 3 is 2.43 bits per heavy atom. The Morgan fingerprint density at radius 2 is 1.78 bits per heavy atom. The summed E-state index contributed by atoms with van der Waals surface area (Å²) < 4.78 is 5.02.